The number of rotatable bonds is 0. The molecule has 0 bridgehead atoms. The Morgan fingerprint density at radius 3 is 2.56 bits per heavy atom. The fourth-order valence-corrected chi connectivity index (χ4v) is 8.59. The van der Waals surface area contributed by atoms with Crippen LogP contribution in [-0.2, 0) is 9.53 Å². The van der Waals surface area contributed by atoms with Crippen LogP contribution in [0.15, 0.2) is 0 Å². The van der Waals surface area contributed by atoms with Crippen molar-refractivity contribution in [2.24, 2.45) is 28.6 Å². The number of fused-ring (bicyclic) bond motifs is 6. The molecular weight excluding hydrogens is 310 g/mol. The Hall–Kier alpha value is -0.570. The van der Waals surface area contributed by atoms with E-state index in [1.165, 1.54) is 51.4 Å². The van der Waals surface area contributed by atoms with E-state index in [0.717, 1.165) is 37.2 Å². The third-order valence-electron chi connectivity index (χ3n) is 9.95. The zero-order valence-electron chi connectivity index (χ0n) is 16.4. The van der Waals surface area contributed by atoms with Crippen LogP contribution in [0.5, 0.6) is 0 Å². The maximum Gasteiger partial charge on any atom is 0.222 e. The van der Waals surface area contributed by atoms with Crippen LogP contribution in [0.3, 0.4) is 0 Å². The Morgan fingerprint density at radius 2 is 1.80 bits per heavy atom. The van der Waals surface area contributed by atoms with Gasteiger partial charge in [0.15, 0.2) is 0 Å². The maximum absolute atomic E-state index is 12.3. The highest BCUT2D eigenvalue weighted by Gasteiger charge is 2.66. The lowest BCUT2D eigenvalue weighted by Gasteiger charge is -2.62. The van der Waals surface area contributed by atoms with Gasteiger partial charge in [-0.15, -0.1) is 0 Å². The highest BCUT2D eigenvalue weighted by Crippen LogP contribution is 2.69. The summed E-state index contributed by atoms with van der Waals surface area (Å²) in [5.74, 6) is 2.91. The van der Waals surface area contributed by atoms with E-state index in [4.69, 9.17) is 4.74 Å². The van der Waals surface area contributed by atoms with Gasteiger partial charge in [-0.1, -0.05) is 13.8 Å². The molecular formula is C22H35NO2. The first kappa shape index (κ1) is 16.6. The van der Waals surface area contributed by atoms with Crippen molar-refractivity contribution < 1.29 is 9.53 Å². The molecule has 2 aliphatic heterocycles. The van der Waals surface area contributed by atoms with E-state index < -0.39 is 0 Å². The fourth-order valence-electron chi connectivity index (χ4n) is 8.59. The molecule has 0 radical (unpaired) electrons. The average molecular weight is 346 g/mol. The number of nitrogens with zero attached hydrogens (tertiary/aromatic N) is 1. The highest BCUT2D eigenvalue weighted by molar-refractivity contribution is 5.77. The molecule has 2 heterocycles. The Bertz CT molecular complexity index is 583. The molecule has 1 amide bonds. The van der Waals surface area contributed by atoms with Crippen molar-refractivity contribution in [2.75, 3.05) is 13.7 Å². The van der Waals surface area contributed by atoms with Crippen molar-refractivity contribution in [1.82, 2.24) is 4.90 Å². The largest absolute Gasteiger partial charge is 0.374 e. The molecule has 3 aliphatic carbocycles. The Labute approximate surface area is 152 Å². The van der Waals surface area contributed by atoms with Crippen molar-refractivity contribution in [2.45, 2.75) is 89.7 Å². The van der Waals surface area contributed by atoms with Gasteiger partial charge in [0.2, 0.25) is 5.91 Å². The average Bonchev–Trinajstić information content (AvgIpc) is 3.18. The molecule has 5 rings (SSSR count). The molecule has 5 aliphatic rings. The number of hydrogen-bond donors (Lipinski definition) is 0. The van der Waals surface area contributed by atoms with Crippen LogP contribution in [0.4, 0.5) is 0 Å². The predicted octanol–water partition coefficient (Wildman–Crippen LogP) is 4.40. The van der Waals surface area contributed by atoms with Gasteiger partial charge in [-0.2, -0.15) is 0 Å². The van der Waals surface area contributed by atoms with Crippen molar-refractivity contribution in [3.63, 3.8) is 0 Å². The molecule has 0 N–H and O–H groups in total. The zero-order valence-corrected chi connectivity index (χ0v) is 16.4. The van der Waals surface area contributed by atoms with Crippen LogP contribution in [0.1, 0.15) is 78.1 Å². The molecule has 7 atom stereocenters. The number of amides is 1. The van der Waals surface area contributed by atoms with Crippen molar-refractivity contribution in [1.29, 1.82) is 0 Å². The van der Waals surface area contributed by atoms with Crippen LogP contribution in [0, 0.1) is 28.6 Å². The number of likely N-dealkylation sites (tertiary alicyclic amines) is 1. The number of carbonyl (C=O) groups excluding carboxylic acids is 1. The number of hydrogen-bond acceptors (Lipinski definition) is 2. The zero-order chi connectivity index (χ0) is 17.4. The molecule has 0 aromatic carbocycles. The van der Waals surface area contributed by atoms with E-state index in [1.54, 1.807) is 0 Å². The minimum Gasteiger partial charge on any atom is -0.374 e. The van der Waals surface area contributed by atoms with E-state index in [-0.39, 0.29) is 5.60 Å². The Morgan fingerprint density at radius 1 is 1.00 bits per heavy atom. The molecule has 1 spiro atoms. The molecule has 5 fully saturated rings. The summed E-state index contributed by atoms with van der Waals surface area (Å²) in [6, 6.07) is 0.484. The minimum atomic E-state index is 0.208. The van der Waals surface area contributed by atoms with Gasteiger partial charge in [0, 0.05) is 26.1 Å². The van der Waals surface area contributed by atoms with Gasteiger partial charge < -0.3 is 9.64 Å². The third-order valence-corrected chi connectivity index (χ3v) is 9.95. The first-order chi connectivity index (χ1) is 11.9. The number of piperidine rings is 1. The van der Waals surface area contributed by atoms with Gasteiger partial charge in [0.1, 0.15) is 0 Å². The second kappa shape index (κ2) is 5.24. The lowest BCUT2D eigenvalue weighted by atomic mass is 9.46. The first-order valence-electron chi connectivity index (χ1n) is 10.8. The summed E-state index contributed by atoms with van der Waals surface area (Å²) in [5.41, 5.74) is 0.961. The summed E-state index contributed by atoms with van der Waals surface area (Å²) in [5, 5.41) is 0. The van der Waals surface area contributed by atoms with Gasteiger partial charge in [0.05, 0.1) is 5.60 Å². The molecule has 0 aromatic heterocycles. The summed E-state index contributed by atoms with van der Waals surface area (Å²) >= 11 is 0. The monoisotopic (exact) mass is 345 g/mol. The third kappa shape index (κ3) is 1.94. The molecule has 25 heavy (non-hydrogen) atoms. The Balaban J connectivity index is 1.47. The van der Waals surface area contributed by atoms with E-state index in [2.05, 4.69) is 25.8 Å². The number of carbonyl (C=O) groups is 1. The smallest absolute Gasteiger partial charge is 0.222 e. The van der Waals surface area contributed by atoms with E-state index in [1.807, 2.05) is 0 Å². The molecule has 3 saturated carbocycles. The molecule has 0 aromatic rings. The van der Waals surface area contributed by atoms with Crippen molar-refractivity contribution in [3.05, 3.63) is 0 Å². The molecule has 2 saturated heterocycles. The Kier molecular flexibility index (Phi) is 3.48. The van der Waals surface area contributed by atoms with Gasteiger partial charge in [-0.25, -0.2) is 0 Å². The molecule has 140 valence electrons. The van der Waals surface area contributed by atoms with Crippen LogP contribution in [0.25, 0.3) is 0 Å². The van der Waals surface area contributed by atoms with E-state index >= 15 is 0 Å². The fraction of sp³-hybridized carbons (Fsp3) is 0.955. The summed E-state index contributed by atoms with van der Waals surface area (Å²) < 4.78 is 6.46. The quantitative estimate of drug-likeness (QED) is 0.651. The SMILES string of the molecule is CN1C(=O)CC[C@]2(C)[C@H]3CC[C@@]4(C)[C@@H](CC[C@@]45CCCO5)[C@@H]3CC[C@@H]12. The molecule has 3 nitrogen and oxygen atoms in total. The summed E-state index contributed by atoms with van der Waals surface area (Å²) in [6.07, 6.45) is 12.4. The summed E-state index contributed by atoms with van der Waals surface area (Å²) in [6.45, 7) is 6.09. The lowest BCUT2D eigenvalue weighted by Crippen LogP contribution is -2.62. The standard InChI is InChI=1S/C22H35NO2/c1-20-11-9-19(24)23(3)18(20)6-5-15-16(20)7-12-21(2)17(15)8-13-22(21)10-4-14-25-22/h15-18H,4-14H2,1-3H3/t15-,16+,17+,18-,20-,21+,22+/m1/s1. The van der Waals surface area contributed by atoms with Gasteiger partial charge in [-0.05, 0) is 86.4 Å². The van der Waals surface area contributed by atoms with Crippen molar-refractivity contribution >= 4 is 5.91 Å². The summed E-state index contributed by atoms with van der Waals surface area (Å²) in [7, 11) is 2.06. The number of ether oxygens (including phenoxy) is 1. The maximum atomic E-state index is 12.3. The highest BCUT2D eigenvalue weighted by atomic mass is 16.5. The lowest BCUT2D eigenvalue weighted by molar-refractivity contribution is -0.170. The normalized spacial score (nSPS) is 55.2. The predicted molar refractivity (Wildman–Crippen MR) is 98.1 cm³/mol. The second-order valence-electron chi connectivity index (χ2n) is 10.4. The van der Waals surface area contributed by atoms with Gasteiger partial charge >= 0.3 is 0 Å². The minimum absolute atomic E-state index is 0.208. The summed E-state index contributed by atoms with van der Waals surface area (Å²) in [4.78, 5) is 14.4. The molecule has 0 unspecified atom stereocenters. The van der Waals surface area contributed by atoms with Gasteiger partial charge in [-0.3, -0.25) is 4.79 Å². The van der Waals surface area contributed by atoms with E-state index in [9.17, 15) is 4.79 Å². The van der Waals surface area contributed by atoms with Crippen LogP contribution < -0.4 is 0 Å². The second-order valence-corrected chi connectivity index (χ2v) is 10.4. The first-order valence-corrected chi connectivity index (χ1v) is 10.8. The van der Waals surface area contributed by atoms with Gasteiger partial charge in [0.25, 0.3) is 0 Å². The van der Waals surface area contributed by atoms with Crippen LogP contribution in [-0.4, -0.2) is 36.1 Å². The molecule has 3 heteroatoms. The van der Waals surface area contributed by atoms with Crippen LogP contribution in [0.2, 0.25) is 0 Å². The topological polar surface area (TPSA) is 29.5 Å². The van der Waals surface area contributed by atoms with Crippen LogP contribution >= 0.6 is 0 Å². The van der Waals surface area contributed by atoms with E-state index in [0.29, 0.717) is 22.8 Å². The van der Waals surface area contributed by atoms with Crippen molar-refractivity contribution in [3.8, 4) is 0 Å².